The van der Waals surface area contributed by atoms with Crippen LogP contribution in [0.15, 0.2) is 24.3 Å². The molecule has 1 aromatic carbocycles. The molecule has 1 unspecified atom stereocenters. The number of piperidine rings is 1. The zero-order valence-corrected chi connectivity index (χ0v) is 12.1. The van der Waals surface area contributed by atoms with E-state index in [0.717, 1.165) is 19.5 Å². The van der Waals surface area contributed by atoms with Crippen LogP contribution in [-0.2, 0) is 20.7 Å². The molecular formula is C16H21NO3. The quantitative estimate of drug-likeness (QED) is 0.618. The van der Waals surface area contributed by atoms with E-state index in [2.05, 4.69) is 36.1 Å². The Kier molecular flexibility index (Phi) is 4.90. The summed E-state index contributed by atoms with van der Waals surface area (Å²) < 4.78 is 4.70. The van der Waals surface area contributed by atoms with Crippen molar-refractivity contribution in [1.82, 2.24) is 4.90 Å². The molecule has 1 saturated heterocycles. The molecule has 0 N–H and O–H groups in total. The van der Waals surface area contributed by atoms with Gasteiger partial charge >= 0.3 is 5.97 Å². The summed E-state index contributed by atoms with van der Waals surface area (Å²) >= 11 is 0. The molecule has 0 aliphatic carbocycles. The first-order chi connectivity index (χ1) is 9.60. The summed E-state index contributed by atoms with van der Waals surface area (Å²) in [4.78, 5) is 25.5. The summed E-state index contributed by atoms with van der Waals surface area (Å²) in [5, 5.41) is 0. The average molecular weight is 275 g/mol. The van der Waals surface area contributed by atoms with Crippen LogP contribution >= 0.6 is 0 Å². The zero-order chi connectivity index (χ0) is 14.5. The smallest absolute Gasteiger partial charge is 0.317 e. The van der Waals surface area contributed by atoms with E-state index in [1.807, 2.05) is 0 Å². The molecule has 0 amide bonds. The van der Waals surface area contributed by atoms with Gasteiger partial charge in [0, 0.05) is 26.1 Å². The normalized spacial score (nSPS) is 19.9. The van der Waals surface area contributed by atoms with Crippen LogP contribution in [0.2, 0.25) is 0 Å². The summed E-state index contributed by atoms with van der Waals surface area (Å²) in [7, 11) is 1.33. The first-order valence-corrected chi connectivity index (χ1v) is 6.98. The molecule has 1 atom stereocenters. The molecular weight excluding hydrogens is 254 g/mol. The fraction of sp³-hybridized carbons (Fsp3) is 0.500. The van der Waals surface area contributed by atoms with E-state index in [1.165, 1.54) is 18.2 Å². The van der Waals surface area contributed by atoms with Crippen molar-refractivity contribution in [2.24, 2.45) is 5.92 Å². The molecule has 1 aliphatic heterocycles. The molecule has 4 heteroatoms. The van der Waals surface area contributed by atoms with E-state index in [0.29, 0.717) is 13.0 Å². The number of aryl methyl sites for hydroxylation is 1. The number of benzene rings is 1. The minimum Gasteiger partial charge on any atom is -0.468 e. The van der Waals surface area contributed by atoms with Gasteiger partial charge in [-0.3, -0.25) is 9.59 Å². The number of carbonyl (C=O) groups excluding carboxylic acids is 2. The molecule has 20 heavy (non-hydrogen) atoms. The number of esters is 1. The Morgan fingerprint density at radius 1 is 1.35 bits per heavy atom. The first kappa shape index (κ1) is 14.7. The van der Waals surface area contributed by atoms with Gasteiger partial charge in [-0.15, -0.1) is 0 Å². The van der Waals surface area contributed by atoms with Gasteiger partial charge in [0.1, 0.15) is 11.7 Å². The highest BCUT2D eigenvalue weighted by Gasteiger charge is 2.33. The third kappa shape index (κ3) is 3.67. The number of ketones is 1. The number of Topliss-reactive ketones (excluding diaryl/α,β-unsaturated/α-hetero) is 1. The highest BCUT2D eigenvalue weighted by Crippen LogP contribution is 2.15. The predicted octanol–water partition coefficient (Wildman–Crippen LogP) is 1.60. The zero-order valence-electron chi connectivity index (χ0n) is 12.1. The van der Waals surface area contributed by atoms with Crippen molar-refractivity contribution in [3.05, 3.63) is 35.4 Å². The van der Waals surface area contributed by atoms with Crippen molar-refractivity contribution >= 4 is 11.8 Å². The van der Waals surface area contributed by atoms with Gasteiger partial charge in [-0.1, -0.05) is 29.8 Å². The first-order valence-electron chi connectivity index (χ1n) is 6.98. The Morgan fingerprint density at radius 2 is 2.05 bits per heavy atom. The largest absolute Gasteiger partial charge is 0.468 e. The third-order valence-electron chi connectivity index (χ3n) is 3.83. The van der Waals surface area contributed by atoms with Crippen molar-refractivity contribution in [3.8, 4) is 0 Å². The molecule has 0 aromatic heterocycles. The number of hydrogen-bond acceptors (Lipinski definition) is 4. The van der Waals surface area contributed by atoms with Crippen LogP contribution < -0.4 is 0 Å². The number of carbonyl (C=O) groups is 2. The van der Waals surface area contributed by atoms with Crippen molar-refractivity contribution < 1.29 is 14.3 Å². The van der Waals surface area contributed by atoms with E-state index >= 15 is 0 Å². The number of hydrogen-bond donors (Lipinski definition) is 0. The van der Waals surface area contributed by atoms with Crippen LogP contribution in [0.25, 0.3) is 0 Å². The number of rotatable bonds is 4. The van der Waals surface area contributed by atoms with Gasteiger partial charge in [-0.05, 0) is 18.9 Å². The summed E-state index contributed by atoms with van der Waals surface area (Å²) in [6, 6.07) is 8.46. The van der Waals surface area contributed by atoms with Crippen LogP contribution in [0.1, 0.15) is 17.5 Å². The Labute approximate surface area is 119 Å². The van der Waals surface area contributed by atoms with Gasteiger partial charge < -0.3 is 9.64 Å². The van der Waals surface area contributed by atoms with Crippen molar-refractivity contribution in [3.63, 3.8) is 0 Å². The highest BCUT2D eigenvalue weighted by molar-refractivity contribution is 5.99. The molecule has 1 heterocycles. The van der Waals surface area contributed by atoms with Crippen LogP contribution in [0, 0.1) is 12.8 Å². The molecule has 4 nitrogen and oxygen atoms in total. The third-order valence-corrected chi connectivity index (χ3v) is 3.83. The Hall–Kier alpha value is -1.68. The van der Waals surface area contributed by atoms with Gasteiger partial charge in [0.05, 0.1) is 7.11 Å². The van der Waals surface area contributed by atoms with Gasteiger partial charge in [-0.2, -0.15) is 0 Å². The maximum Gasteiger partial charge on any atom is 0.317 e. The molecule has 2 rings (SSSR count). The fourth-order valence-electron chi connectivity index (χ4n) is 2.49. The summed E-state index contributed by atoms with van der Waals surface area (Å²) in [5.74, 6) is -1.01. The lowest BCUT2D eigenvalue weighted by molar-refractivity contribution is -0.151. The van der Waals surface area contributed by atoms with Crippen molar-refractivity contribution in [1.29, 1.82) is 0 Å². The second kappa shape index (κ2) is 6.66. The summed E-state index contributed by atoms with van der Waals surface area (Å²) in [6.07, 6.45) is 1.37. The maximum atomic E-state index is 11.7. The number of likely N-dealkylation sites (tertiary alicyclic amines) is 1. The van der Waals surface area contributed by atoms with Crippen LogP contribution in [0.4, 0.5) is 0 Å². The van der Waals surface area contributed by atoms with Gasteiger partial charge in [0.15, 0.2) is 0 Å². The van der Waals surface area contributed by atoms with E-state index in [9.17, 15) is 9.59 Å². The number of methoxy groups -OCH3 is 1. The number of ether oxygens (including phenoxy) is 1. The van der Waals surface area contributed by atoms with E-state index in [1.54, 1.807) is 0 Å². The SMILES string of the molecule is COC(=O)C1CN(CCc2ccc(C)cc2)CCC1=O. The predicted molar refractivity (Wildman–Crippen MR) is 76.5 cm³/mol. The lowest BCUT2D eigenvalue weighted by Crippen LogP contribution is -2.45. The average Bonchev–Trinajstić information content (AvgIpc) is 2.47. The monoisotopic (exact) mass is 275 g/mol. The maximum absolute atomic E-state index is 11.7. The standard InChI is InChI=1S/C16H21NO3/c1-12-3-5-13(6-4-12)7-9-17-10-8-15(18)14(11-17)16(19)20-2/h3-6,14H,7-11H2,1-2H3. The van der Waals surface area contributed by atoms with Crippen LogP contribution in [0.3, 0.4) is 0 Å². The molecule has 1 fully saturated rings. The second-order valence-electron chi connectivity index (χ2n) is 5.33. The molecule has 0 saturated carbocycles. The summed E-state index contributed by atoms with van der Waals surface area (Å²) in [5.41, 5.74) is 2.53. The highest BCUT2D eigenvalue weighted by atomic mass is 16.5. The lowest BCUT2D eigenvalue weighted by atomic mass is 9.96. The van der Waals surface area contributed by atoms with Crippen LogP contribution in [-0.4, -0.2) is 43.4 Å². The van der Waals surface area contributed by atoms with Crippen LogP contribution in [0.5, 0.6) is 0 Å². The van der Waals surface area contributed by atoms with Crippen molar-refractivity contribution in [2.75, 3.05) is 26.7 Å². The molecule has 1 aromatic rings. The Bertz CT molecular complexity index is 473. The van der Waals surface area contributed by atoms with Crippen molar-refractivity contribution in [2.45, 2.75) is 19.8 Å². The lowest BCUT2D eigenvalue weighted by Gasteiger charge is -2.30. The van der Waals surface area contributed by atoms with E-state index in [4.69, 9.17) is 4.74 Å². The fourth-order valence-corrected chi connectivity index (χ4v) is 2.49. The molecule has 0 bridgehead atoms. The van der Waals surface area contributed by atoms with E-state index < -0.39 is 11.9 Å². The summed E-state index contributed by atoms with van der Waals surface area (Å²) in [6.45, 7) is 4.15. The molecule has 0 radical (unpaired) electrons. The molecule has 1 aliphatic rings. The van der Waals surface area contributed by atoms with Gasteiger partial charge in [0.2, 0.25) is 0 Å². The molecule has 0 spiro atoms. The number of nitrogens with zero attached hydrogens (tertiary/aromatic N) is 1. The Balaban J connectivity index is 1.88. The minimum atomic E-state index is -0.605. The van der Waals surface area contributed by atoms with Gasteiger partial charge in [0.25, 0.3) is 0 Å². The van der Waals surface area contributed by atoms with E-state index in [-0.39, 0.29) is 5.78 Å². The second-order valence-corrected chi connectivity index (χ2v) is 5.33. The Morgan fingerprint density at radius 3 is 2.70 bits per heavy atom. The molecule has 108 valence electrons. The minimum absolute atomic E-state index is 0.00318. The van der Waals surface area contributed by atoms with Gasteiger partial charge in [-0.25, -0.2) is 0 Å². The topological polar surface area (TPSA) is 46.6 Å².